The molecular formula is C18H18N4O. The Balaban J connectivity index is 1.54. The van der Waals surface area contributed by atoms with Crippen molar-refractivity contribution in [3.63, 3.8) is 0 Å². The zero-order valence-corrected chi connectivity index (χ0v) is 13.0. The highest BCUT2D eigenvalue weighted by molar-refractivity contribution is 5.75. The van der Waals surface area contributed by atoms with Crippen LogP contribution in [0, 0.1) is 0 Å². The molecule has 0 spiro atoms. The summed E-state index contributed by atoms with van der Waals surface area (Å²) >= 11 is 0. The van der Waals surface area contributed by atoms with E-state index < -0.39 is 0 Å². The molecule has 2 unspecified atom stereocenters. The smallest absolute Gasteiger partial charge is 0.299 e. The van der Waals surface area contributed by atoms with Crippen LogP contribution >= 0.6 is 0 Å². The average molecular weight is 306 g/mol. The first-order valence-electron chi connectivity index (χ1n) is 8.12. The minimum Gasteiger partial charge on any atom is -0.423 e. The van der Waals surface area contributed by atoms with Crippen LogP contribution in [0.4, 0.5) is 6.01 Å². The molecule has 4 heterocycles. The van der Waals surface area contributed by atoms with E-state index in [1.54, 1.807) is 0 Å². The van der Waals surface area contributed by atoms with Gasteiger partial charge in [0.05, 0.1) is 11.7 Å². The van der Waals surface area contributed by atoms with Crippen LogP contribution < -0.4 is 4.90 Å². The number of hydrogen-bond donors (Lipinski definition) is 0. The van der Waals surface area contributed by atoms with Crippen LogP contribution in [-0.4, -0.2) is 26.8 Å². The third kappa shape index (κ3) is 1.92. The Kier molecular flexibility index (Phi) is 2.65. The fourth-order valence-electron chi connectivity index (χ4n) is 3.98. The summed E-state index contributed by atoms with van der Waals surface area (Å²) in [5.74, 6) is 0. The highest BCUT2D eigenvalue weighted by atomic mass is 16.4. The van der Waals surface area contributed by atoms with E-state index in [2.05, 4.69) is 22.1 Å². The van der Waals surface area contributed by atoms with Gasteiger partial charge in [0.2, 0.25) is 0 Å². The molecule has 3 aromatic rings. The Bertz CT molecular complexity index is 874. The molecule has 0 aliphatic carbocycles. The van der Waals surface area contributed by atoms with Gasteiger partial charge >= 0.3 is 0 Å². The molecule has 0 amide bonds. The lowest BCUT2D eigenvalue weighted by molar-refractivity contribution is 0.531. The van der Waals surface area contributed by atoms with Gasteiger partial charge in [-0.2, -0.15) is 10.1 Å². The van der Waals surface area contributed by atoms with Gasteiger partial charge in [-0.05, 0) is 43.0 Å². The van der Waals surface area contributed by atoms with Crippen molar-refractivity contribution in [3.8, 4) is 0 Å². The molecule has 0 saturated carbocycles. The van der Waals surface area contributed by atoms with E-state index >= 15 is 0 Å². The maximum atomic E-state index is 6.01. The van der Waals surface area contributed by atoms with Crippen molar-refractivity contribution in [2.24, 2.45) is 7.05 Å². The van der Waals surface area contributed by atoms with Gasteiger partial charge in [0.25, 0.3) is 6.01 Å². The number of nitrogens with zero attached hydrogens (tertiary/aromatic N) is 4. The van der Waals surface area contributed by atoms with Crippen LogP contribution in [0.15, 0.2) is 47.0 Å². The molecule has 5 heteroatoms. The minimum absolute atomic E-state index is 0.367. The van der Waals surface area contributed by atoms with Gasteiger partial charge in [0, 0.05) is 19.3 Å². The molecule has 0 N–H and O–H groups in total. The maximum Gasteiger partial charge on any atom is 0.299 e. The van der Waals surface area contributed by atoms with Gasteiger partial charge in [-0.3, -0.25) is 4.68 Å². The maximum absolute atomic E-state index is 6.01. The van der Waals surface area contributed by atoms with E-state index in [0.29, 0.717) is 12.1 Å². The molecule has 5 rings (SSSR count). The molecule has 2 bridgehead atoms. The van der Waals surface area contributed by atoms with Gasteiger partial charge in [-0.25, -0.2) is 0 Å². The Morgan fingerprint density at radius 1 is 1.17 bits per heavy atom. The number of benzene rings is 1. The third-order valence-corrected chi connectivity index (χ3v) is 5.05. The second-order valence-electron chi connectivity index (χ2n) is 6.41. The molecule has 1 saturated heterocycles. The van der Waals surface area contributed by atoms with E-state index in [-0.39, 0.29) is 0 Å². The van der Waals surface area contributed by atoms with E-state index in [9.17, 15) is 0 Å². The van der Waals surface area contributed by atoms with Crippen molar-refractivity contribution >= 4 is 22.7 Å². The number of oxazole rings is 1. The van der Waals surface area contributed by atoms with E-state index in [1.807, 2.05) is 42.2 Å². The molecule has 2 aliphatic rings. The number of aryl methyl sites for hydroxylation is 1. The van der Waals surface area contributed by atoms with Crippen LogP contribution in [0.3, 0.4) is 0 Å². The van der Waals surface area contributed by atoms with Gasteiger partial charge in [-0.15, -0.1) is 0 Å². The van der Waals surface area contributed by atoms with Crippen LogP contribution in [0.25, 0.3) is 16.7 Å². The second kappa shape index (κ2) is 4.72. The zero-order valence-electron chi connectivity index (χ0n) is 13.0. The monoisotopic (exact) mass is 306 g/mol. The highest BCUT2D eigenvalue weighted by Crippen LogP contribution is 2.41. The van der Waals surface area contributed by atoms with Gasteiger partial charge < -0.3 is 9.32 Å². The topological polar surface area (TPSA) is 47.1 Å². The van der Waals surface area contributed by atoms with Crippen LogP contribution in [0.2, 0.25) is 0 Å². The standard InChI is InChI=1S/C18H18N4O/c1-21-16(8-9-19-21)12-10-13-6-7-14(11-12)22(13)18-20-15-4-2-3-5-17(15)23-18/h2-5,8-10,13-14H,6-7,11H2,1H3. The second-order valence-corrected chi connectivity index (χ2v) is 6.41. The van der Waals surface area contributed by atoms with Crippen LogP contribution in [0.5, 0.6) is 0 Å². The lowest BCUT2D eigenvalue weighted by Crippen LogP contribution is -2.38. The Hall–Kier alpha value is -2.56. The van der Waals surface area contributed by atoms with Crippen molar-refractivity contribution in [1.29, 1.82) is 0 Å². The summed E-state index contributed by atoms with van der Waals surface area (Å²) in [6.45, 7) is 0. The first kappa shape index (κ1) is 12.9. The number of para-hydroxylation sites is 2. The van der Waals surface area contributed by atoms with Crippen LogP contribution in [-0.2, 0) is 7.05 Å². The summed E-state index contributed by atoms with van der Waals surface area (Å²) in [6, 6.07) is 11.7. The van der Waals surface area contributed by atoms with Crippen molar-refractivity contribution in [3.05, 3.63) is 48.3 Å². The molecule has 1 fully saturated rings. The number of anilines is 1. The van der Waals surface area contributed by atoms with E-state index in [0.717, 1.165) is 30.0 Å². The molecule has 23 heavy (non-hydrogen) atoms. The summed E-state index contributed by atoms with van der Waals surface area (Å²) in [4.78, 5) is 7.06. The lowest BCUT2D eigenvalue weighted by Gasteiger charge is -2.32. The third-order valence-electron chi connectivity index (χ3n) is 5.05. The minimum atomic E-state index is 0.367. The van der Waals surface area contributed by atoms with Gasteiger partial charge in [-0.1, -0.05) is 18.2 Å². The van der Waals surface area contributed by atoms with Crippen molar-refractivity contribution in [2.45, 2.75) is 31.3 Å². The fraction of sp³-hybridized carbons (Fsp3) is 0.333. The van der Waals surface area contributed by atoms with Crippen LogP contribution in [0.1, 0.15) is 25.0 Å². The van der Waals surface area contributed by atoms with E-state index in [1.165, 1.54) is 17.7 Å². The number of hydrogen-bond acceptors (Lipinski definition) is 4. The molecule has 2 aliphatic heterocycles. The number of aromatic nitrogens is 3. The predicted octanol–water partition coefficient (Wildman–Crippen LogP) is 3.39. The molecule has 1 aromatic carbocycles. The summed E-state index contributed by atoms with van der Waals surface area (Å²) in [6.07, 6.45) is 7.60. The number of rotatable bonds is 2. The number of fused-ring (bicyclic) bond motifs is 3. The van der Waals surface area contributed by atoms with Gasteiger partial charge in [0.1, 0.15) is 5.52 Å². The summed E-state index contributed by atoms with van der Waals surface area (Å²) in [7, 11) is 2.01. The van der Waals surface area contributed by atoms with Crippen molar-refractivity contribution < 1.29 is 4.42 Å². The fourth-order valence-corrected chi connectivity index (χ4v) is 3.98. The molecule has 2 aromatic heterocycles. The van der Waals surface area contributed by atoms with Crippen molar-refractivity contribution in [2.75, 3.05) is 4.90 Å². The predicted molar refractivity (Wildman–Crippen MR) is 89.1 cm³/mol. The lowest BCUT2D eigenvalue weighted by atomic mass is 9.99. The Morgan fingerprint density at radius 3 is 2.87 bits per heavy atom. The normalized spacial score (nSPS) is 23.5. The summed E-state index contributed by atoms with van der Waals surface area (Å²) < 4.78 is 7.96. The summed E-state index contributed by atoms with van der Waals surface area (Å²) in [5, 5.41) is 4.30. The quantitative estimate of drug-likeness (QED) is 0.728. The Morgan fingerprint density at radius 2 is 2.09 bits per heavy atom. The SMILES string of the molecule is Cn1nccc1C1=CC2CCC(C1)N2c1nc2ccccc2o1. The zero-order chi connectivity index (χ0) is 15.4. The molecular weight excluding hydrogens is 288 g/mol. The first-order valence-corrected chi connectivity index (χ1v) is 8.12. The molecule has 5 nitrogen and oxygen atoms in total. The average Bonchev–Trinajstić information content (AvgIpc) is 3.23. The Labute approximate surface area is 134 Å². The van der Waals surface area contributed by atoms with Gasteiger partial charge in [0.15, 0.2) is 5.58 Å². The summed E-state index contributed by atoms with van der Waals surface area (Å²) in [5.41, 5.74) is 4.41. The molecule has 0 radical (unpaired) electrons. The molecule has 116 valence electrons. The largest absolute Gasteiger partial charge is 0.423 e. The van der Waals surface area contributed by atoms with Crippen molar-refractivity contribution in [1.82, 2.24) is 14.8 Å². The highest BCUT2D eigenvalue weighted by Gasteiger charge is 2.39. The molecule has 2 atom stereocenters. The first-order chi connectivity index (χ1) is 11.3. The van der Waals surface area contributed by atoms with E-state index in [4.69, 9.17) is 9.40 Å².